The zero-order valence-electron chi connectivity index (χ0n) is 12.4. The lowest BCUT2D eigenvalue weighted by Crippen LogP contribution is -2.34. The number of likely N-dealkylation sites (tertiary alicyclic amines) is 1. The van der Waals surface area contributed by atoms with Crippen molar-refractivity contribution in [3.05, 3.63) is 30.3 Å². The number of hydrogen-bond acceptors (Lipinski definition) is 4. The van der Waals surface area contributed by atoms with E-state index >= 15 is 0 Å². The minimum atomic E-state index is -0.186. The fraction of sp³-hybridized carbons (Fsp3) is 0.438. The van der Waals surface area contributed by atoms with Gasteiger partial charge in [-0.2, -0.15) is 0 Å². The van der Waals surface area contributed by atoms with E-state index in [1.165, 1.54) is 0 Å². The van der Waals surface area contributed by atoms with Crippen molar-refractivity contribution in [2.24, 2.45) is 0 Å². The number of ether oxygens (including phenoxy) is 1. The van der Waals surface area contributed by atoms with Gasteiger partial charge in [-0.05, 0) is 18.6 Å². The Kier molecular flexibility index (Phi) is 5.94. The molecule has 0 spiro atoms. The van der Waals surface area contributed by atoms with Crippen molar-refractivity contribution in [3.8, 4) is 5.75 Å². The Morgan fingerprint density at radius 2 is 1.82 bits per heavy atom. The lowest BCUT2D eigenvalue weighted by atomic mass is 10.3. The average molecular weight is 304 g/mol. The van der Waals surface area contributed by atoms with Gasteiger partial charge in [-0.3, -0.25) is 19.3 Å². The topological polar surface area (TPSA) is 75.7 Å². The van der Waals surface area contributed by atoms with Gasteiger partial charge in [0.15, 0.2) is 0 Å². The second kappa shape index (κ2) is 8.17. The summed E-state index contributed by atoms with van der Waals surface area (Å²) in [6.45, 7) is 1.20. The van der Waals surface area contributed by atoms with E-state index in [0.717, 1.165) is 10.6 Å². The van der Waals surface area contributed by atoms with E-state index in [1.54, 1.807) is 0 Å². The van der Waals surface area contributed by atoms with E-state index in [9.17, 15) is 14.4 Å². The van der Waals surface area contributed by atoms with E-state index < -0.39 is 0 Å². The van der Waals surface area contributed by atoms with Gasteiger partial charge in [-0.1, -0.05) is 18.2 Å². The summed E-state index contributed by atoms with van der Waals surface area (Å²) in [5.41, 5.74) is 0. The molecule has 0 radical (unpaired) electrons. The van der Waals surface area contributed by atoms with Crippen molar-refractivity contribution in [2.75, 3.05) is 19.7 Å². The first-order chi connectivity index (χ1) is 10.7. The van der Waals surface area contributed by atoms with Crippen LogP contribution in [0, 0.1) is 0 Å². The number of benzene rings is 1. The van der Waals surface area contributed by atoms with Gasteiger partial charge >= 0.3 is 0 Å². The average Bonchev–Trinajstić information content (AvgIpc) is 2.84. The molecule has 1 aromatic carbocycles. The lowest BCUT2D eigenvalue weighted by molar-refractivity contribution is -0.138. The third-order valence-corrected chi connectivity index (χ3v) is 3.37. The van der Waals surface area contributed by atoms with Crippen LogP contribution in [0.5, 0.6) is 5.75 Å². The predicted octanol–water partition coefficient (Wildman–Crippen LogP) is 1.11. The number of nitrogens with one attached hydrogen (secondary N) is 1. The molecule has 1 fully saturated rings. The number of nitrogens with zero attached hydrogens (tertiary/aromatic N) is 1. The third kappa shape index (κ3) is 4.87. The minimum Gasteiger partial charge on any atom is -0.494 e. The second-order valence-electron chi connectivity index (χ2n) is 5.05. The fourth-order valence-electron chi connectivity index (χ4n) is 2.18. The zero-order chi connectivity index (χ0) is 15.8. The molecule has 6 nitrogen and oxygen atoms in total. The molecule has 0 atom stereocenters. The van der Waals surface area contributed by atoms with Crippen LogP contribution in [0.15, 0.2) is 30.3 Å². The summed E-state index contributed by atoms with van der Waals surface area (Å²) in [6.07, 6.45) is 1.37. The molecular formula is C16H20N2O4. The van der Waals surface area contributed by atoms with Gasteiger partial charge in [0.25, 0.3) is 0 Å². The van der Waals surface area contributed by atoms with Crippen molar-refractivity contribution < 1.29 is 19.1 Å². The molecule has 1 heterocycles. The highest BCUT2D eigenvalue weighted by molar-refractivity contribution is 6.02. The highest BCUT2D eigenvalue weighted by atomic mass is 16.5. The second-order valence-corrected chi connectivity index (χ2v) is 5.05. The normalized spacial score (nSPS) is 14.3. The number of imide groups is 1. The summed E-state index contributed by atoms with van der Waals surface area (Å²) in [6, 6.07) is 9.48. The number of carbonyl (C=O) groups excluding carboxylic acids is 3. The van der Waals surface area contributed by atoms with Crippen molar-refractivity contribution in [1.82, 2.24) is 10.2 Å². The molecule has 1 N–H and O–H groups in total. The van der Waals surface area contributed by atoms with Gasteiger partial charge in [-0.15, -0.1) is 0 Å². The number of hydrogen-bond donors (Lipinski definition) is 1. The quantitative estimate of drug-likeness (QED) is 0.576. The molecule has 118 valence electrons. The first-order valence-electron chi connectivity index (χ1n) is 7.44. The van der Waals surface area contributed by atoms with Gasteiger partial charge in [-0.25, -0.2) is 0 Å². The molecule has 0 unspecified atom stereocenters. The summed E-state index contributed by atoms with van der Waals surface area (Å²) in [7, 11) is 0. The molecule has 1 saturated heterocycles. The molecule has 2 rings (SSSR count). The molecule has 0 bridgehead atoms. The molecule has 6 heteroatoms. The van der Waals surface area contributed by atoms with Crippen LogP contribution in [0.1, 0.15) is 25.7 Å². The molecule has 22 heavy (non-hydrogen) atoms. The van der Waals surface area contributed by atoms with Crippen LogP contribution in [0.3, 0.4) is 0 Å². The maximum Gasteiger partial charge on any atom is 0.229 e. The summed E-state index contributed by atoms with van der Waals surface area (Å²) >= 11 is 0. The van der Waals surface area contributed by atoms with Crippen molar-refractivity contribution >= 4 is 17.7 Å². The van der Waals surface area contributed by atoms with Crippen LogP contribution in [-0.4, -0.2) is 42.3 Å². The largest absolute Gasteiger partial charge is 0.494 e. The molecule has 0 aliphatic carbocycles. The van der Waals surface area contributed by atoms with Crippen LogP contribution in [-0.2, 0) is 14.4 Å². The highest BCUT2D eigenvalue weighted by Gasteiger charge is 2.28. The van der Waals surface area contributed by atoms with E-state index in [4.69, 9.17) is 4.74 Å². The fourth-order valence-corrected chi connectivity index (χ4v) is 2.18. The Bertz CT molecular complexity index is 514. The Balaban J connectivity index is 1.54. The van der Waals surface area contributed by atoms with Crippen molar-refractivity contribution in [1.29, 1.82) is 0 Å². The van der Waals surface area contributed by atoms with Gasteiger partial charge < -0.3 is 10.1 Å². The van der Waals surface area contributed by atoms with E-state index in [-0.39, 0.29) is 43.5 Å². The number of amides is 3. The van der Waals surface area contributed by atoms with Crippen LogP contribution in [0.25, 0.3) is 0 Å². The molecule has 0 aromatic heterocycles. The van der Waals surface area contributed by atoms with Gasteiger partial charge in [0, 0.05) is 32.4 Å². The Morgan fingerprint density at radius 1 is 1.14 bits per heavy atom. The maximum atomic E-state index is 11.6. The molecule has 1 aliphatic heterocycles. The van der Waals surface area contributed by atoms with Gasteiger partial charge in [0.1, 0.15) is 5.75 Å². The standard InChI is InChI=1S/C16H20N2O4/c19-14(9-11-18-15(20)7-8-16(18)21)17-10-4-12-22-13-5-2-1-3-6-13/h1-3,5-6H,4,7-12H2,(H,17,19). The Hall–Kier alpha value is -2.37. The van der Waals surface area contributed by atoms with Crippen LogP contribution in [0.2, 0.25) is 0 Å². The molecule has 1 aliphatic rings. The van der Waals surface area contributed by atoms with E-state index in [0.29, 0.717) is 19.6 Å². The summed E-state index contributed by atoms with van der Waals surface area (Å²) in [4.78, 5) is 35.6. The number of para-hydroxylation sites is 1. The summed E-state index contributed by atoms with van der Waals surface area (Å²) in [5.74, 6) is 0.273. The Labute approximate surface area is 129 Å². The number of rotatable bonds is 8. The smallest absolute Gasteiger partial charge is 0.229 e. The molecule has 0 saturated carbocycles. The van der Waals surface area contributed by atoms with Crippen LogP contribution >= 0.6 is 0 Å². The lowest BCUT2D eigenvalue weighted by Gasteiger charge is -2.13. The monoisotopic (exact) mass is 304 g/mol. The van der Waals surface area contributed by atoms with Crippen molar-refractivity contribution in [3.63, 3.8) is 0 Å². The molecule has 3 amide bonds. The van der Waals surface area contributed by atoms with Crippen LogP contribution in [0.4, 0.5) is 0 Å². The summed E-state index contributed by atoms with van der Waals surface area (Å²) < 4.78 is 5.51. The summed E-state index contributed by atoms with van der Waals surface area (Å²) in [5, 5.41) is 2.75. The number of carbonyl (C=O) groups is 3. The molecular weight excluding hydrogens is 284 g/mol. The SMILES string of the molecule is O=C(CCN1C(=O)CCC1=O)NCCCOc1ccccc1. The molecule has 1 aromatic rings. The highest BCUT2D eigenvalue weighted by Crippen LogP contribution is 2.11. The van der Waals surface area contributed by atoms with Crippen LogP contribution < -0.4 is 10.1 Å². The van der Waals surface area contributed by atoms with E-state index in [1.807, 2.05) is 30.3 Å². The third-order valence-electron chi connectivity index (χ3n) is 3.37. The van der Waals surface area contributed by atoms with Gasteiger partial charge in [0.2, 0.25) is 17.7 Å². The predicted molar refractivity (Wildman–Crippen MR) is 80.1 cm³/mol. The van der Waals surface area contributed by atoms with E-state index in [2.05, 4.69) is 5.32 Å². The minimum absolute atomic E-state index is 0.150. The van der Waals surface area contributed by atoms with Crippen molar-refractivity contribution in [2.45, 2.75) is 25.7 Å². The maximum absolute atomic E-state index is 11.6. The first-order valence-corrected chi connectivity index (χ1v) is 7.44. The van der Waals surface area contributed by atoms with Gasteiger partial charge in [0.05, 0.1) is 6.61 Å². The Morgan fingerprint density at radius 3 is 2.50 bits per heavy atom. The first kappa shape index (κ1) is 16.0. The zero-order valence-corrected chi connectivity index (χ0v) is 12.4.